The first-order valence-electron chi connectivity index (χ1n) is 5.40. The molecule has 1 rings (SSSR count). The minimum Gasteiger partial charge on any atom is -0.399 e. The van der Waals surface area contributed by atoms with Gasteiger partial charge in [0.2, 0.25) is 0 Å². The summed E-state index contributed by atoms with van der Waals surface area (Å²) in [7, 11) is 0. The summed E-state index contributed by atoms with van der Waals surface area (Å²) in [6.07, 6.45) is 1.84. The van der Waals surface area contributed by atoms with Crippen molar-refractivity contribution in [3.63, 3.8) is 0 Å². The Bertz CT molecular complexity index is 379. The number of benzene rings is 1. The van der Waals surface area contributed by atoms with Gasteiger partial charge in [0.1, 0.15) is 5.82 Å². The topological polar surface area (TPSA) is 55.1 Å². The number of carbonyl (C=O) groups is 1. The molecule has 1 aromatic carbocycles. The van der Waals surface area contributed by atoms with Gasteiger partial charge in [-0.05, 0) is 31.5 Å². The molecule has 0 spiro atoms. The van der Waals surface area contributed by atoms with Gasteiger partial charge in [-0.3, -0.25) is 4.79 Å². The predicted octanol–water partition coefficient (Wildman–Crippen LogP) is 2.33. The molecule has 3 nitrogen and oxygen atoms in total. The molecule has 1 aromatic rings. The number of hydrogen-bond donors (Lipinski definition) is 2. The summed E-state index contributed by atoms with van der Waals surface area (Å²) in [5.41, 5.74) is 5.89. The maximum atomic E-state index is 13.3. The van der Waals surface area contributed by atoms with Crippen molar-refractivity contribution in [2.45, 2.75) is 32.7 Å². The molecule has 1 amide bonds. The van der Waals surface area contributed by atoms with Crippen molar-refractivity contribution in [1.82, 2.24) is 5.32 Å². The highest BCUT2D eigenvalue weighted by Gasteiger charge is 2.13. The Kier molecular flexibility index (Phi) is 4.28. The summed E-state index contributed by atoms with van der Waals surface area (Å²) < 4.78 is 13.3. The number of nitrogen functional groups attached to an aromatic ring is 1. The summed E-state index contributed by atoms with van der Waals surface area (Å²) in [5.74, 6) is -0.957. The van der Waals surface area contributed by atoms with E-state index in [1.807, 2.05) is 13.8 Å². The van der Waals surface area contributed by atoms with Crippen LogP contribution < -0.4 is 11.1 Å². The van der Waals surface area contributed by atoms with Gasteiger partial charge in [-0.1, -0.05) is 13.3 Å². The van der Waals surface area contributed by atoms with E-state index >= 15 is 0 Å². The predicted molar refractivity (Wildman–Crippen MR) is 62.6 cm³/mol. The van der Waals surface area contributed by atoms with E-state index in [-0.39, 0.29) is 11.6 Å². The first-order valence-corrected chi connectivity index (χ1v) is 5.40. The number of rotatable bonds is 4. The van der Waals surface area contributed by atoms with Crippen molar-refractivity contribution in [3.05, 3.63) is 29.6 Å². The van der Waals surface area contributed by atoms with Gasteiger partial charge in [0, 0.05) is 11.7 Å². The fourth-order valence-corrected chi connectivity index (χ4v) is 1.52. The Morgan fingerprint density at radius 1 is 1.56 bits per heavy atom. The summed E-state index contributed by atoms with van der Waals surface area (Å²) >= 11 is 0. The van der Waals surface area contributed by atoms with Crippen molar-refractivity contribution >= 4 is 11.6 Å². The van der Waals surface area contributed by atoms with Crippen LogP contribution in [0.5, 0.6) is 0 Å². The standard InChI is InChI=1S/C12H17FN2O/c1-3-4-8(2)15-12(16)10-7-9(14)5-6-11(10)13/h5-8H,3-4,14H2,1-2H3,(H,15,16). The Balaban J connectivity index is 2.76. The molecule has 3 N–H and O–H groups in total. The van der Waals surface area contributed by atoms with E-state index in [0.717, 1.165) is 12.8 Å². The second-order valence-electron chi connectivity index (χ2n) is 3.90. The summed E-state index contributed by atoms with van der Waals surface area (Å²) in [6, 6.07) is 4.03. The summed E-state index contributed by atoms with van der Waals surface area (Å²) in [4.78, 5) is 11.7. The average molecular weight is 224 g/mol. The fraction of sp³-hybridized carbons (Fsp3) is 0.417. The van der Waals surface area contributed by atoms with Gasteiger partial charge in [-0.2, -0.15) is 0 Å². The maximum Gasteiger partial charge on any atom is 0.254 e. The highest BCUT2D eigenvalue weighted by Crippen LogP contribution is 2.12. The van der Waals surface area contributed by atoms with E-state index in [4.69, 9.17) is 5.73 Å². The largest absolute Gasteiger partial charge is 0.399 e. The van der Waals surface area contributed by atoms with Crippen LogP contribution in [0, 0.1) is 5.82 Å². The van der Waals surface area contributed by atoms with Gasteiger partial charge in [0.15, 0.2) is 0 Å². The number of halogens is 1. The molecular formula is C12H17FN2O. The Morgan fingerprint density at radius 2 is 2.25 bits per heavy atom. The van der Waals surface area contributed by atoms with Crippen molar-refractivity contribution < 1.29 is 9.18 Å². The van der Waals surface area contributed by atoms with E-state index in [2.05, 4.69) is 5.32 Å². The molecule has 16 heavy (non-hydrogen) atoms. The zero-order chi connectivity index (χ0) is 12.1. The highest BCUT2D eigenvalue weighted by atomic mass is 19.1. The minimum atomic E-state index is -0.546. The molecule has 0 aliphatic heterocycles. The van der Waals surface area contributed by atoms with Crippen LogP contribution in [0.15, 0.2) is 18.2 Å². The quantitative estimate of drug-likeness (QED) is 0.771. The highest BCUT2D eigenvalue weighted by molar-refractivity contribution is 5.95. The number of amides is 1. The average Bonchev–Trinajstić information content (AvgIpc) is 2.21. The molecular weight excluding hydrogens is 207 g/mol. The van der Waals surface area contributed by atoms with Crippen LogP contribution >= 0.6 is 0 Å². The van der Waals surface area contributed by atoms with Crippen molar-refractivity contribution in [3.8, 4) is 0 Å². The Morgan fingerprint density at radius 3 is 2.88 bits per heavy atom. The SMILES string of the molecule is CCCC(C)NC(=O)c1cc(N)ccc1F. The maximum absolute atomic E-state index is 13.3. The minimum absolute atomic E-state index is 0.00273. The third-order valence-corrected chi connectivity index (χ3v) is 2.33. The molecule has 1 atom stereocenters. The van der Waals surface area contributed by atoms with Gasteiger partial charge in [-0.15, -0.1) is 0 Å². The van der Waals surface area contributed by atoms with Crippen LogP contribution in [0.25, 0.3) is 0 Å². The Labute approximate surface area is 94.8 Å². The molecule has 0 bridgehead atoms. The fourth-order valence-electron chi connectivity index (χ4n) is 1.52. The van der Waals surface area contributed by atoms with E-state index in [1.54, 1.807) is 0 Å². The molecule has 4 heteroatoms. The molecule has 0 saturated heterocycles. The van der Waals surface area contributed by atoms with E-state index in [0.29, 0.717) is 5.69 Å². The van der Waals surface area contributed by atoms with Crippen LogP contribution in [0.4, 0.5) is 10.1 Å². The molecule has 1 unspecified atom stereocenters. The van der Waals surface area contributed by atoms with Crippen molar-refractivity contribution in [1.29, 1.82) is 0 Å². The lowest BCUT2D eigenvalue weighted by molar-refractivity contribution is 0.0934. The molecule has 0 fully saturated rings. The number of hydrogen-bond acceptors (Lipinski definition) is 2. The monoisotopic (exact) mass is 224 g/mol. The van der Waals surface area contributed by atoms with Crippen LogP contribution in [0.3, 0.4) is 0 Å². The number of anilines is 1. The lowest BCUT2D eigenvalue weighted by atomic mass is 10.1. The molecule has 0 saturated carbocycles. The molecule has 0 heterocycles. The third kappa shape index (κ3) is 3.22. The van der Waals surface area contributed by atoms with Crippen LogP contribution in [-0.2, 0) is 0 Å². The van der Waals surface area contributed by atoms with Gasteiger partial charge >= 0.3 is 0 Å². The van der Waals surface area contributed by atoms with E-state index in [1.165, 1.54) is 18.2 Å². The zero-order valence-electron chi connectivity index (χ0n) is 9.59. The van der Waals surface area contributed by atoms with E-state index in [9.17, 15) is 9.18 Å². The molecule has 0 aromatic heterocycles. The van der Waals surface area contributed by atoms with Crippen molar-refractivity contribution in [2.75, 3.05) is 5.73 Å². The normalized spacial score (nSPS) is 12.2. The number of nitrogens with two attached hydrogens (primary N) is 1. The molecule has 88 valence electrons. The summed E-state index contributed by atoms with van der Waals surface area (Å²) in [6.45, 7) is 3.93. The number of carbonyl (C=O) groups excluding carboxylic acids is 1. The lowest BCUT2D eigenvalue weighted by Crippen LogP contribution is -2.33. The first kappa shape index (κ1) is 12.5. The first-order chi connectivity index (χ1) is 7.54. The molecule has 0 aliphatic rings. The van der Waals surface area contributed by atoms with Crippen LogP contribution in [0.1, 0.15) is 37.0 Å². The van der Waals surface area contributed by atoms with Crippen molar-refractivity contribution in [2.24, 2.45) is 0 Å². The molecule has 0 radical (unpaired) electrons. The zero-order valence-corrected chi connectivity index (χ0v) is 9.59. The van der Waals surface area contributed by atoms with Crippen LogP contribution in [0.2, 0.25) is 0 Å². The van der Waals surface area contributed by atoms with E-state index < -0.39 is 11.7 Å². The second kappa shape index (κ2) is 5.49. The van der Waals surface area contributed by atoms with Gasteiger partial charge in [0.25, 0.3) is 5.91 Å². The summed E-state index contributed by atoms with van der Waals surface area (Å²) in [5, 5.41) is 2.73. The Hall–Kier alpha value is -1.58. The van der Waals surface area contributed by atoms with Gasteiger partial charge in [-0.25, -0.2) is 4.39 Å². The lowest BCUT2D eigenvalue weighted by Gasteiger charge is -2.13. The van der Waals surface area contributed by atoms with Gasteiger partial charge < -0.3 is 11.1 Å². The third-order valence-electron chi connectivity index (χ3n) is 2.33. The van der Waals surface area contributed by atoms with Crippen LogP contribution in [-0.4, -0.2) is 11.9 Å². The molecule has 0 aliphatic carbocycles. The number of nitrogens with one attached hydrogen (secondary N) is 1. The smallest absolute Gasteiger partial charge is 0.254 e. The second-order valence-corrected chi connectivity index (χ2v) is 3.90. The van der Waals surface area contributed by atoms with Gasteiger partial charge in [0.05, 0.1) is 5.56 Å².